The number of fused-ring (bicyclic) bond motifs is 1. The van der Waals surface area contributed by atoms with Gasteiger partial charge < -0.3 is 10.3 Å². The number of aromatic amines is 1. The standard InChI is InChI=1S/C20H22N2O/c1-13-18(16-7-5-6-8-17(16)21-13)19(23)22-15-11-9-14(10-12-15)20(2,3)4/h5-12,21H,1-4H3,(H,22,23). The van der Waals surface area contributed by atoms with E-state index in [-0.39, 0.29) is 11.3 Å². The molecule has 1 aromatic heterocycles. The highest BCUT2D eigenvalue weighted by molar-refractivity contribution is 6.13. The first-order chi connectivity index (χ1) is 10.9. The smallest absolute Gasteiger partial charge is 0.258 e. The molecule has 3 rings (SSSR count). The summed E-state index contributed by atoms with van der Waals surface area (Å²) >= 11 is 0. The molecule has 3 aromatic rings. The fourth-order valence-corrected chi connectivity index (χ4v) is 2.82. The lowest BCUT2D eigenvalue weighted by molar-refractivity contribution is 0.102. The normalized spacial score (nSPS) is 11.7. The fraction of sp³-hybridized carbons (Fsp3) is 0.250. The van der Waals surface area contributed by atoms with Crippen molar-refractivity contribution < 1.29 is 4.79 Å². The number of hydrogen-bond donors (Lipinski definition) is 2. The van der Waals surface area contributed by atoms with E-state index in [1.165, 1.54) is 5.56 Å². The summed E-state index contributed by atoms with van der Waals surface area (Å²) in [7, 11) is 0. The van der Waals surface area contributed by atoms with Crippen molar-refractivity contribution in [3.05, 3.63) is 65.4 Å². The van der Waals surface area contributed by atoms with Gasteiger partial charge in [0.1, 0.15) is 0 Å². The summed E-state index contributed by atoms with van der Waals surface area (Å²) in [6, 6.07) is 15.9. The van der Waals surface area contributed by atoms with Crippen LogP contribution in [0.4, 0.5) is 5.69 Å². The van der Waals surface area contributed by atoms with Crippen LogP contribution in [0.1, 0.15) is 42.4 Å². The van der Waals surface area contributed by atoms with Crippen LogP contribution in [0, 0.1) is 6.92 Å². The second-order valence-corrected chi connectivity index (χ2v) is 6.95. The van der Waals surface area contributed by atoms with Crippen molar-refractivity contribution in [3.8, 4) is 0 Å². The van der Waals surface area contributed by atoms with Crippen LogP contribution in [0.5, 0.6) is 0 Å². The molecule has 3 heteroatoms. The molecule has 0 unspecified atom stereocenters. The number of benzene rings is 2. The monoisotopic (exact) mass is 306 g/mol. The Morgan fingerprint density at radius 3 is 2.30 bits per heavy atom. The third kappa shape index (κ3) is 3.00. The minimum Gasteiger partial charge on any atom is -0.358 e. The summed E-state index contributed by atoms with van der Waals surface area (Å²) < 4.78 is 0. The van der Waals surface area contributed by atoms with Gasteiger partial charge in [0.15, 0.2) is 0 Å². The third-order valence-electron chi connectivity index (χ3n) is 4.13. The molecule has 0 aliphatic rings. The molecule has 2 N–H and O–H groups in total. The average Bonchev–Trinajstić information content (AvgIpc) is 2.82. The van der Waals surface area contributed by atoms with Crippen molar-refractivity contribution in [1.29, 1.82) is 0 Å². The summed E-state index contributed by atoms with van der Waals surface area (Å²) in [6.45, 7) is 8.46. The Balaban J connectivity index is 1.88. The molecule has 118 valence electrons. The Morgan fingerprint density at radius 1 is 1.00 bits per heavy atom. The van der Waals surface area contributed by atoms with Crippen LogP contribution in [0.15, 0.2) is 48.5 Å². The maximum Gasteiger partial charge on any atom is 0.258 e. The highest BCUT2D eigenvalue weighted by Gasteiger charge is 2.17. The molecule has 0 aliphatic heterocycles. The van der Waals surface area contributed by atoms with Gasteiger partial charge in [-0.05, 0) is 36.1 Å². The zero-order valence-electron chi connectivity index (χ0n) is 14.0. The maximum absolute atomic E-state index is 12.7. The molecular formula is C20H22N2O. The van der Waals surface area contributed by atoms with Crippen LogP contribution >= 0.6 is 0 Å². The number of carbonyl (C=O) groups excluding carboxylic acids is 1. The largest absolute Gasteiger partial charge is 0.358 e. The van der Waals surface area contributed by atoms with Gasteiger partial charge in [0.05, 0.1) is 5.56 Å². The average molecular weight is 306 g/mol. The van der Waals surface area contributed by atoms with Crippen molar-refractivity contribution >= 4 is 22.5 Å². The van der Waals surface area contributed by atoms with E-state index < -0.39 is 0 Å². The molecular weight excluding hydrogens is 284 g/mol. The Morgan fingerprint density at radius 2 is 1.65 bits per heavy atom. The summed E-state index contributed by atoms with van der Waals surface area (Å²) in [5.74, 6) is -0.0801. The van der Waals surface area contributed by atoms with E-state index >= 15 is 0 Å². The number of anilines is 1. The molecule has 0 radical (unpaired) electrons. The van der Waals surface area contributed by atoms with Crippen LogP contribution in [0.2, 0.25) is 0 Å². The molecule has 0 atom stereocenters. The van der Waals surface area contributed by atoms with E-state index in [0.29, 0.717) is 5.56 Å². The van der Waals surface area contributed by atoms with Crippen molar-refractivity contribution in [2.45, 2.75) is 33.1 Å². The lowest BCUT2D eigenvalue weighted by Gasteiger charge is -2.19. The molecule has 0 fully saturated rings. The predicted molar refractivity (Wildman–Crippen MR) is 96.1 cm³/mol. The Bertz CT molecular complexity index is 851. The number of nitrogens with one attached hydrogen (secondary N) is 2. The quantitative estimate of drug-likeness (QED) is 0.685. The number of amides is 1. The topological polar surface area (TPSA) is 44.9 Å². The second-order valence-electron chi connectivity index (χ2n) is 6.95. The van der Waals surface area contributed by atoms with Gasteiger partial charge >= 0.3 is 0 Å². The number of hydrogen-bond acceptors (Lipinski definition) is 1. The number of rotatable bonds is 2. The number of H-pyrrole nitrogens is 1. The van der Waals surface area contributed by atoms with E-state index in [1.807, 2.05) is 43.3 Å². The van der Waals surface area contributed by atoms with Crippen LogP contribution in [0.25, 0.3) is 10.9 Å². The van der Waals surface area contributed by atoms with Gasteiger partial charge in [0.2, 0.25) is 0 Å². The minimum absolute atomic E-state index is 0.0801. The fourth-order valence-electron chi connectivity index (χ4n) is 2.82. The van der Waals surface area contributed by atoms with Crippen LogP contribution < -0.4 is 5.32 Å². The van der Waals surface area contributed by atoms with Crippen LogP contribution in [-0.2, 0) is 5.41 Å². The molecule has 0 aliphatic carbocycles. The molecule has 0 saturated heterocycles. The van der Waals surface area contributed by atoms with Crippen LogP contribution in [0.3, 0.4) is 0 Å². The molecule has 3 nitrogen and oxygen atoms in total. The Hall–Kier alpha value is -2.55. The molecule has 0 saturated carbocycles. The summed E-state index contributed by atoms with van der Waals surface area (Å²) in [4.78, 5) is 15.9. The maximum atomic E-state index is 12.7. The number of para-hydroxylation sites is 1. The zero-order valence-corrected chi connectivity index (χ0v) is 14.0. The first-order valence-electron chi connectivity index (χ1n) is 7.85. The SMILES string of the molecule is Cc1[nH]c2ccccc2c1C(=O)Nc1ccc(C(C)(C)C)cc1. The van der Waals surface area contributed by atoms with Crippen molar-refractivity contribution in [1.82, 2.24) is 4.98 Å². The molecule has 1 amide bonds. The highest BCUT2D eigenvalue weighted by atomic mass is 16.1. The van der Waals surface area contributed by atoms with Gasteiger partial charge in [-0.15, -0.1) is 0 Å². The number of carbonyl (C=O) groups is 1. The van der Waals surface area contributed by atoms with Gasteiger partial charge in [0, 0.05) is 22.3 Å². The highest BCUT2D eigenvalue weighted by Crippen LogP contribution is 2.25. The van der Waals surface area contributed by atoms with Crippen LogP contribution in [-0.4, -0.2) is 10.9 Å². The molecule has 2 aromatic carbocycles. The molecule has 0 bridgehead atoms. The van der Waals surface area contributed by atoms with Crippen molar-refractivity contribution in [2.24, 2.45) is 0 Å². The van der Waals surface area contributed by atoms with Gasteiger partial charge in [0.25, 0.3) is 5.91 Å². The van der Waals surface area contributed by atoms with Crippen molar-refractivity contribution in [2.75, 3.05) is 5.32 Å². The van der Waals surface area contributed by atoms with E-state index in [2.05, 4.69) is 43.2 Å². The lowest BCUT2D eigenvalue weighted by atomic mass is 9.87. The Labute approximate surface area is 136 Å². The van der Waals surface area contributed by atoms with Gasteiger partial charge in [-0.2, -0.15) is 0 Å². The van der Waals surface area contributed by atoms with E-state index in [1.54, 1.807) is 0 Å². The second kappa shape index (κ2) is 5.58. The van der Waals surface area contributed by atoms with E-state index in [9.17, 15) is 4.79 Å². The zero-order chi connectivity index (χ0) is 16.6. The molecule has 0 spiro atoms. The number of aryl methyl sites for hydroxylation is 1. The van der Waals surface area contributed by atoms with E-state index in [4.69, 9.17) is 0 Å². The lowest BCUT2D eigenvalue weighted by Crippen LogP contribution is -2.14. The summed E-state index contributed by atoms with van der Waals surface area (Å²) in [6.07, 6.45) is 0. The van der Waals surface area contributed by atoms with Gasteiger partial charge in [-0.25, -0.2) is 0 Å². The molecule has 23 heavy (non-hydrogen) atoms. The Kier molecular flexibility index (Phi) is 3.72. The third-order valence-corrected chi connectivity index (χ3v) is 4.13. The van der Waals surface area contributed by atoms with Crippen molar-refractivity contribution in [3.63, 3.8) is 0 Å². The first kappa shape index (κ1) is 15.3. The summed E-state index contributed by atoms with van der Waals surface area (Å²) in [5, 5.41) is 3.95. The number of aromatic nitrogens is 1. The van der Waals surface area contributed by atoms with Gasteiger partial charge in [-0.3, -0.25) is 4.79 Å². The summed E-state index contributed by atoms with van der Waals surface area (Å²) in [5.41, 5.74) is 4.75. The molecule has 1 heterocycles. The van der Waals surface area contributed by atoms with E-state index in [0.717, 1.165) is 22.3 Å². The minimum atomic E-state index is -0.0801. The first-order valence-corrected chi connectivity index (χ1v) is 7.85. The van der Waals surface area contributed by atoms with Gasteiger partial charge in [-0.1, -0.05) is 51.1 Å². The predicted octanol–water partition coefficient (Wildman–Crippen LogP) is 5.03.